The SMILES string of the molecule is CN1CCc2c(c(C3(c4ccccc4)CC3)nn2CC#N)C1. The molecule has 22 heavy (non-hydrogen) atoms. The molecule has 1 aromatic carbocycles. The van der Waals surface area contributed by atoms with Gasteiger partial charge in [0.15, 0.2) is 0 Å². The fourth-order valence-corrected chi connectivity index (χ4v) is 3.75. The topological polar surface area (TPSA) is 44.9 Å². The third-order valence-electron chi connectivity index (χ3n) is 5.07. The maximum Gasteiger partial charge on any atom is 0.128 e. The Morgan fingerprint density at radius 3 is 2.73 bits per heavy atom. The molecule has 0 spiro atoms. The van der Waals surface area contributed by atoms with Crippen LogP contribution < -0.4 is 0 Å². The second-order valence-electron chi connectivity index (χ2n) is 6.53. The Bertz CT molecular complexity index is 734. The van der Waals surface area contributed by atoms with Crippen molar-refractivity contribution >= 4 is 0 Å². The van der Waals surface area contributed by atoms with E-state index in [0.29, 0.717) is 6.54 Å². The van der Waals surface area contributed by atoms with Crippen LogP contribution in [0, 0.1) is 11.3 Å². The number of rotatable bonds is 3. The Labute approximate surface area is 131 Å². The second-order valence-corrected chi connectivity index (χ2v) is 6.53. The van der Waals surface area contributed by atoms with E-state index in [9.17, 15) is 0 Å². The third kappa shape index (κ3) is 1.97. The Morgan fingerprint density at radius 1 is 1.27 bits per heavy atom. The molecule has 4 nitrogen and oxygen atoms in total. The van der Waals surface area contributed by atoms with Gasteiger partial charge in [-0.05, 0) is 25.5 Å². The van der Waals surface area contributed by atoms with E-state index in [1.54, 1.807) is 0 Å². The zero-order chi connectivity index (χ0) is 15.2. The molecular formula is C18H20N4. The highest BCUT2D eigenvalue weighted by atomic mass is 15.3. The van der Waals surface area contributed by atoms with Crippen LogP contribution in [-0.4, -0.2) is 28.3 Å². The minimum Gasteiger partial charge on any atom is -0.302 e. The summed E-state index contributed by atoms with van der Waals surface area (Å²) in [6.07, 6.45) is 3.32. The van der Waals surface area contributed by atoms with Crippen LogP contribution in [0.3, 0.4) is 0 Å². The van der Waals surface area contributed by atoms with Crippen LogP contribution in [0.5, 0.6) is 0 Å². The van der Waals surface area contributed by atoms with E-state index in [2.05, 4.69) is 48.3 Å². The van der Waals surface area contributed by atoms with Crippen molar-refractivity contribution < 1.29 is 0 Å². The molecule has 0 unspecified atom stereocenters. The minimum absolute atomic E-state index is 0.0875. The largest absolute Gasteiger partial charge is 0.302 e. The van der Waals surface area contributed by atoms with E-state index in [4.69, 9.17) is 10.4 Å². The Hall–Kier alpha value is -2.12. The first-order valence-electron chi connectivity index (χ1n) is 7.95. The first kappa shape index (κ1) is 13.5. The molecule has 0 saturated heterocycles. The molecule has 1 fully saturated rings. The van der Waals surface area contributed by atoms with E-state index in [1.807, 2.05) is 4.68 Å². The molecule has 1 aliphatic heterocycles. The molecule has 2 heterocycles. The number of aromatic nitrogens is 2. The predicted octanol–water partition coefficient (Wildman–Crippen LogP) is 2.47. The highest BCUT2D eigenvalue weighted by molar-refractivity contribution is 5.47. The van der Waals surface area contributed by atoms with Gasteiger partial charge in [-0.1, -0.05) is 30.3 Å². The van der Waals surface area contributed by atoms with Crippen molar-refractivity contribution in [3.8, 4) is 6.07 Å². The number of fused-ring (bicyclic) bond motifs is 1. The van der Waals surface area contributed by atoms with E-state index in [1.165, 1.54) is 22.5 Å². The van der Waals surface area contributed by atoms with Gasteiger partial charge in [-0.15, -0.1) is 0 Å². The average molecular weight is 292 g/mol. The van der Waals surface area contributed by atoms with Crippen molar-refractivity contribution in [1.82, 2.24) is 14.7 Å². The lowest BCUT2D eigenvalue weighted by Crippen LogP contribution is -2.28. The van der Waals surface area contributed by atoms with Gasteiger partial charge in [0.2, 0.25) is 0 Å². The van der Waals surface area contributed by atoms with Crippen molar-refractivity contribution in [2.24, 2.45) is 0 Å². The molecule has 4 rings (SSSR count). The first-order valence-corrected chi connectivity index (χ1v) is 7.95. The van der Waals surface area contributed by atoms with Crippen LogP contribution in [0.15, 0.2) is 30.3 Å². The van der Waals surface area contributed by atoms with Crippen LogP contribution in [0.4, 0.5) is 0 Å². The third-order valence-corrected chi connectivity index (χ3v) is 5.07. The summed E-state index contributed by atoms with van der Waals surface area (Å²) in [7, 11) is 2.16. The van der Waals surface area contributed by atoms with E-state index in [0.717, 1.165) is 32.4 Å². The summed E-state index contributed by atoms with van der Waals surface area (Å²) in [5, 5.41) is 14.0. The van der Waals surface area contributed by atoms with Gasteiger partial charge >= 0.3 is 0 Å². The monoisotopic (exact) mass is 292 g/mol. The van der Waals surface area contributed by atoms with Crippen molar-refractivity contribution in [1.29, 1.82) is 5.26 Å². The van der Waals surface area contributed by atoms with E-state index < -0.39 is 0 Å². The van der Waals surface area contributed by atoms with Crippen LogP contribution >= 0.6 is 0 Å². The van der Waals surface area contributed by atoms with Gasteiger partial charge in [-0.25, -0.2) is 0 Å². The molecule has 1 aromatic heterocycles. The number of likely N-dealkylation sites (N-methyl/N-ethyl adjacent to an activating group) is 1. The highest BCUT2D eigenvalue weighted by Gasteiger charge is 2.50. The zero-order valence-corrected chi connectivity index (χ0v) is 12.9. The molecule has 1 aliphatic carbocycles. The molecule has 0 atom stereocenters. The second kappa shape index (κ2) is 4.96. The van der Waals surface area contributed by atoms with Gasteiger partial charge in [0, 0.05) is 36.2 Å². The molecule has 2 aromatic rings. The molecule has 4 heteroatoms. The Balaban J connectivity index is 1.84. The van der Waals surface area contributed by atoms with Gasteiger partial charge in [-0.3, -0.25) is 4.68 Å². The molecule has 0 amide bonds. The van der Waals surface area contributed by atoms with Gasteiger partial charge in [0.25, 0.3) is 0 Å². The summed E-state index contributed by atoms with van der Waals surface area (Å²) in [6.45, 7) is 2.35. The molecule has 0 N–H and O–H groups in total. The fraction of sp³-hybridized carbons (Fsp3) is 0.444. The standard InChI is InChI=1S/C18H20N4/c1-21-11-7-16-15(13-21)17(20-22(16)12-10-19)18(8-9-18)14-5-3-2-4-6-14/h2-6H,7-9,11-13H2,1H3. The Kier molecular flexibility index (Phi) is 3.05. The number of nitriles is 1. The highest BCUT2D eigenvalue weighted by Crippen LogP contribution is 2.54. The fourth-order valence-electron chi connectivity index (χ4n) is 3.75. The molecule has 0 bridgehead atoms. The van der Waals surface area contributed by atoms with Gasteiger partial charge in [-0.2, -0.15) is 10.4 Å². The summed E-state index contributed by atoms with van der Waals surface area (Å²) in [6, 6.07) is 13.0. The summed E-state index contributed by atoms with van der Waals surface area (Å²) >= 11 is 0. The lowest BCUT2D eigenvalue weighted by Gasteiger charge is -2.25. The van der Waals surface area contributed by atoms with Crippen LogP contribution in [0.2, 0.25) is 0 Å². The number of nitrogens with zero attached hydrogens (tertiary/aromatic N) is 4. The zero-order valence-electron chi connectivity index (χ0n) is 12.9. The first-order chi connectivity index (χ1) is 10.7. The number of hydrogen-bond donors (Lipinski definition) is 0. The minimum atomic E-state index is 0.0875. The molecule has 2 aliphatic rings. The van der Waals surface area contributed by atoms with Gasteiger partial charge in [0.05, 0.1) is 11.8 Å². The van der Waals surface area contributed by atoms with Crippen molar-refractivity contribution in [3.63, 3.8) is 0 Å². The number of benzene rings is 1. The quantitative estimate of drug-likeness (QED) is 0.873. The lowest BCUT2D eigenvalue weighted by atomic mass is 9.88. The average Bonchev–Trinajstić information content (AvgIpc) is 3.27. The Morgan fingerprint density at radius 2 is 2.05 bits per heavy atom. The summed E-state index contributed by atoms with van der Waals surface area (Å²) in [4.78, 5) is 2.35. The van der Waals surface area contributed by atoms with Crippen LogP contribution in [-0.2, 0) is 24.9 Å². The lowest BCUT2D eigenvalue weighted by molar-refractivity contribution is 0.307. The predicted molar refractivity (Wildman–Crippen MR) is 84.3 cm³/mol. The van der Waals surface area contributed by atoms with Crippen molar-refractivity contribution in [3.05, 3.63) is 52.8 Å². The molecule has 0 radical (unpaired) electrons. The van der Waals surface area contributed by atoms with E-state index in [-0.39, 0.29) is 5.41 Å². The summed E-state index contributed by atoms with van der Waals surface area (Å²) in [5.41, 5.74) is 5.31. The van der Waals surface area contributed by atoms with Crippen LogP contribution in [0.1, 0.15) is 35.4 Å². The van der Waals surface area contributed by atoms with Crippen molar-refractivity contribution in [2.45, 2.75) is 37.8 Å². The normalized spacial score (nSPS) is 19.5. The van der Waals surface area contributed by atoms with E-state index >= 15 is 0 Å². The van der Waals surface area contributed by atoms with Crippen molar-refractivity contribution in [2.75, 3.05) is 13.6 Å². The molecule has 1 saturated carbocycles. The smallest absolute Gasteiger partial charge is 0.128 e. The summed E-state index contributed by atoms with van der Waals surface area (Å²) in [5.74, 6) is 0. The van der Waals surface area contributed by atoms with Crippen LogP contribution in [0.25, 0.3) is 0 Å². The number of hydrogen-bond acceptors (Lipinski definition) is 3. The maximum atomic E-state index is 9.10. The van der Waals surface area contributed by atoms with Gasteiger partial charge < -0.3 is 4.90 Å². The maximum absolute atomic E-state index is 9.10. The molecule has 112 valence electrons. The summed E-state index contributed by atoms with van der Waals surface area (Å²) < 4.78 is 1.95. The van der Waals surface area contributed by atoms with Gasteiger partial charge in [0.1, 0.15) is 6.54 Å². The molecular weight excluding hydrogens is 272 g/mol.